The summed E-state index contributed by atoms with van der Waals surface area (Å²) in [7, 11) is 0. The highest BCUT2D eigenvalue weighted by Gasteiger charge is 2.57. The summed E-state index contributed by atoms with van der Waals surface area (Å²) in [6.45, 7) is 4.36. The van der Waals surface area contributed by atoms with Gasteiger partial charge in [-0.3, -0.25) is 4.79 Å². The molecule has 1 heterocycles. The molecule has 0 bridgehead atoms. The highest BCUT2D eigenvalue weighted by molar-refractivity contribution is 5.82. The van der Waals surface area contributed by atoms with Crippen LogP contribution in [0.1, 0.15) is 51.0 Å². The molecule has 3 rings (SSSR count). The number of nitrogens with one attached hydrogen (secondary N) is 2. The number of carbonyl (C=O) groups is 1. The SMILES string of the molecule is CCC[C@@H](CCc1ccccc1)NC(=O)[C@H]1CC12CCNCC2. The second-order valence-electron chi connectivity index (χ2n) is 7.39. The van der Waals surface area contributed by atoms with E-state index in [0.717, 1.165) is 45.2 Å². The molecule has 1 saturated carbocycles. The molecule has 0 aromatic heterocycles. The lowest BCUT2D eigenvalue weighted by Crippen LogP contribution is -2.39. The summed E-state index contributed by atoms with van der Waals surface area (Å²) < 4.78 is 0. The predicted octanol–water partition coefficient (Wildman–Crippen LogP) is 3.29. The van der Waals surface area contributed by atoms with E-state index in [0.29, 0.717) is 17.4 Å². The summed E-state index contributed by atoms with van der Waals surface area (Å²) in [6, 6.07) is 10.9. The quantitative estimate of drug-likeness (QED) is 0.811. The first-order valence-corrected chi connectivity index (χ1v) is 9.28. The van der Waals surface area contributed by atoms with Crippen LogP contribution in [0.15, 0.2) is 30.3 Å². The molecule has 2 atom stereocenters. The van der Waals surface area contributed by atoms with Crippen LogP contribution in [0.4, 0.5) is 0 Å². The first-order chi connectivity index (χ1) is 11.2. The van der Waals surface area contributed by atoms with Gasteiger partial charge in [0.25, 0.3) is 0 Å². The number of rotatable bonds is 7. The Balaban J connectivity index is 1.50. The van der Waals surface area contributed by atoms with E-state index in [4.69, 9.17) is 0 Å². The van der Waals surface area contributed by atoms with Crippen molar-refractivity contribution in [3.05, 3.63) is 35.9 Å². The molecule has 1 aliphatic heterocycles. The zero-order chi connectivity index (χ0) is 16.1. The third-order valence-electron chi connectivity index (χ3n) is 5.71. The Morgan fingerprint density at radius 1 is 1.26 bits per heavy atom. The van der Waals surface area contributed by atoms with Gasteiger partial charge in [-0.2, -0.15) is 0 Å². The molecule has 0 unspecified atom stereocenters. The first kappa shape index (κ1) is 16.5. The minimum atomic E-state index is 0.278. The molecular weight excluding hydrogens is 284 g/mol. The molecule has 1 saturated heterocycles. The third-order valence-corrected chi connectivity index (χ3v) is 5.71. The van der Waals surface area contributed by atoms with Crippen molar-refractivity contribution in [3.8, 4) is 0 Å². The van der Waals surface area contributed by atoms with E-state index in [1.165, 1.54) is 18.4 Å². The molecule has 0 radical (unpaired) electrons. The molecule has 3 heteroatoms. The number of benzene rings is 1. The first-order valence-electron chi connectivity index (χ1n) is 9.28. The Hall–Kier alpha value is -1.35. The Labute approximate surface area is 140 Å². The maximum Gasteiger partial charge on any atom is 0.223 e. The highest BCUT2D eigenvalue weighted by atomic mass is 16.2. The minimum absolute atomic E-state index is 0.278. The van der Waals surface area contributed by atoms with Crippen LogP contribution in [-0.2, 0) is 11.2 Å². The lowest BCUT2D eigenvalue weighted by molar-refractivity contribution is -0.124. The zero-order valence-corrected chi connectivity index (χ0v) is 14.3. The lowest BCUT2D eigenvalue weighted by Gasteiger charge is -2.24. The van der Waals surface area contributed by atoms with Gasteiger partial charge < -0.3 is 10.6 Å². The lowest BCUT2D eigenvalue weighted by atomic mass is 9.91. The second kappa shape index (κ2) is 7.48. The number of hydrogen-bond acceptors (Lipinski definition) is 2. The van der Waals surface area contributed by atoms with Gasteiger partial charge in [0, 0.05) is 12.0 Å². The van der Waals surface area contributed by atoms with E-state index in [1.54, 1.807) is 0 Å². The predicted molar refractivity (Wildman–Crippen MR) is 94.2 cm³/mol. The van der Waals surface area contributed by atoms with E-state index in [-0.39, 0.29) is 5.92 Å². The van der Waals surface area contributed by atoms with Crippen molar-refractivity contribution in [1.82, 2.24) is 10.6 Å². The molecule has 23 heavy (non-hydrogen) atoms. The number of carbonyl (C=O) groups excluding carboxylic acids is 1. The summed E-state index contributed by atoms with van der Waals surface area (Å²) in [5.74, 6) is 0.596. The highest BCUT2D eigenvalue weighted by Crippen LogP contribution is 2.58. The summed E-state index contributed by atoms with van der Waals surface area (Å²) in [6.07, 6.45) is 7.76. The van der Waals surface area contributed by atoms with Gasteiger partial charge in [-0.05, 0) is 62.6 Å². The van der Waals surface area contributed by atoms with E-state index in [9.17, 15) is 4.79 Å². The second-order valence-corrected chi connectivity index (χ2v) is 7.39. The Morgan fingerprint density at radius 2 is 2.00 bits per heavy atom. The summed E-state index contributed by atoms with van der Waals surface area (Å²) in [5, 5.41) is 6.77. The minimum Gasteiger partial charge on any atom is -0.353 e. The average molecular weight is 314 g/mol. The smallest absolute Gasteiger partial charge is 0.223 e. The van der Waals surface area contributed by atoms with Crippen molar-refractivity contribution in [3.63, 3.8) is 0 Å². The van der Waals surface area contributed by atoms with Crippen LogP contribution in [0.3, 0.4) is 0 Å². The zero-order valence-electron chi connectivity index (χ0n) is 14.3. The molecule has 1 aliphatic carbocycles. The van der Waals surface area contributed by atoms with Gasteiger partial charge in [0.1, 0.15) is 0 Å². The number of amides is 1. The fourth-order valence-corrected chi connectivity index (χ4v) is 4.12. The fourth-order valence-electron chi connectivity index (χ4n) is 4.12. The van der Waals surface area contributed by atoms with Gasteiger partial charge in [-0.25, -0.2) is 0 Å². The van der Waals surface area contributed by atoms with Gasteiger partial charge >= 0.3 is 0 Å². The van der Waals surface area contributed by atoms with Gasteiger partial charge in [0.2, 0.25) is 5.91 Å². The Morgan fingerprint density at radius 3 is 2.70 bits per heavy atom. The van der Waals surface area contributed by atoms with Crippen LogP contribution >= 0.6 is 0 Å². The summed E-state index contributed by atoms with van der Waals surface area (Å²) in [4.78, 5) is 12.6. The van der Waals surface area contributed by atoms with Crippen LogP contribution in [0.5, 0.6) is 0 Å². The van der Waals surface area contributed by atoms with Crippen LogP contribution in [0, 0.1) is 11.3 Å². The molecule has 2 fully saturated rings. The van der Waals surface area contributed by atoms with E-state index < -0.39 is 0 Å². The van der Waals surface area contributed by atoms with Crippen molar-refractivity contribution in [1.29, 1.82) is 0 Å². The molecular formula is C20H30N2O. The van der Waals surface area contributed by atoms with E-state index in [2.05, 4.69) is 47.9 Å². The summed E-state index contributed by atoms with van der Waals surface area (Å²) >= 11 is 0. The van der Waals surface area contributed by atoms with E-state index >= 15 is 0 Å². The number of aryl methyl sites for hydroxylation is 1. The molecule has 1 aromatic rings. The maximum atomic E-state index is 12.6. The van der Waals surface area contributed by atoms with Crippen molar-refractivity contribution in [2.45, 2.75) is 57.9 Å². The monoisotopic (exact) mass is 314 g/mol. The van der Waals surface area contributed by atoms with Gasteiger partial charge in [-0.15, -0.1) is 0 Å². The normalized spacial score (nSPS) is 23.4. The fraction of sp³-hybridized carbons (Fsp3) is 0.650. The molecule has 1 aromatic carbocycles. The molecule has 3 nitrogen and oxygen atoms in total. The van der Waals surface area contributed by atoms with Crippen LogP contribution in [0.2, 0.25) is 0 Å². The standard InChI is InChI=1S/C20H30N2O/c1-2-6-17(10-9-16-7-4-3-5-8-16)22-19(23)18-15-20(18)11-13-21-14-12-20/h3-5,7-8,17-18,21H,2,6,9-15H2,1H3,(H,22,23)/t17-,18+/m0/s1. The molecule has 2 aliphatic rings. The van der Waals surface area contributed by atoms with Crippen LogP contribution < -0.4 is 10.6 Å². The number of piperidine rings is 1. The van der Waals surface area contributed by atoms with Crippen molar-refractivity contribution in [2.24, 2.45) is 11.3 Å². The van der Waals surface area contributed by atoms with Crippen LogP contribution in [0.25, 0.3) is 0 Å². The molecule has 2 N–H and O–H groups in total. The maximum absolute atomic E-state index is 12.6. The Bertz CT molecular complexity index is 508. The Kier molecular flexibility index (Phi) is 5.37. The molecule has 1 spiro atoms. The average Bonchev–Trinajstić information content (AvgIpc) is 3.27. The van der Waals surface area contributed by atoms with E-state index in [1.807, 2.05) is 0 Å². The van der Waals surface area contributed by atoms with Crippen molar-refractivity contribution < 1.29 is 4.79 Å². The molecule has 1 amide bonds. The van der Waals surface area contributed by atoms with Crippen LogP contribution in [-0.4, -0.2) is 25.0 Å². The van der Waals surface area contributed by atoms with Gasteiger partial charge in [0.15, 0.2) is 0 Å². The topological polar surface area (TPSA) is 41.1 Å². The third kappa shape index (κ3) is 4.14. The molecule has 126 valence electrons. The van der Waals surface area contributed by atoms with Crippen molar-refractivity contribution >= 4 is 5.91 Å². The van der Waals surface area contributed by atoms with Gasteiger partial charge in [0.05, 0.1) is 0 Å². The largest absolute Gasteiger partial charge is 0.353 e. The van der Waals surface area contributed by atoms with Gasteiger partial charge in [-0.1, -0.05) is 43.7 Å². The number of hydrogen-bond donors (Lipinski definition) is 2. The summed E-state index contributed by atoms with van der Waals surface area (Å²) in [5.41, 5.74) is 1.70. The van der Waals surface area contributed by atoms with Crippen molar-refractivity contribution in [2.75, 3.05) is 13.1 Å².